The number of hydrogen-bond acceptors (Lipinski definition) is 3. The highest BCUT2D eigenvalue weighted by Crippen LogP contribution is 2.10. The molecule has 1 aromatic carbocycles. The van der Waals surface area contributed by atoms with Crippen LogP contribution in [-0.4, -0.2) is 20.5 Å². The molecule has 0 amide bonds. The van der Waals surface area contributed by atoms with Crippen molar-refractivity contribution in [1.29, 1.82) is 0 Å². The monoisotopic (exact) mass is 213 g/mol. The van der Waals surface area contributed by atoms with Gasteiger partial charge in [-0.2, -0.15) is 0 Å². The van der Waals surface area contributed by atoms with Gasteiger partial charge in [-0.25, -0.2) is 8.42 Å². The van der Waals surface area contributed by atoms with E-state index in [1.807, 2.05) is 0 Å². The lowest BCUT2D eigenvalue weighted by molar-refractivity contribution is 0.112. The van der Waals surface area contributed by atoms with Crippen molar-refractivity contribution in [3.05, 3.63) is 29.8 Å². The van der Waals surface area contributed by atoms with Crippen LogP contribution >= 0.6 is 0 Å². The molecule has 0 spiro atoms. The number of carbonyl (C=O) groups excluding carboxylic acids is 1. The van der Waals surface area contributed by atoms with Crippen molar-refractivity contribution in [2.75, 3.05) is 10.5 Å². The second-order valence-electron chi connectivity index (χ2n) is 2.75. The van der Waals surface area contributed by atoms with Crippen LogP contribution in [0.1, 0.15) is 17.3 Å². The number of nitrogens with one attached hydrogen (secondary N) is 1. The van der Waals surface area contributed by atoms with Crippen molar-refractivity contribution >= 4 is 22.0 Å². The van der Waals surface area contributed by atoms with Crippen LogP contribution in [0.3, 0.4) is 0 Å². The molecule has 0 saturated carbocycles. The molecule has 1 N–H and O–H groups in total. The molecule has 0 heterocycles. The molecule has 0 aliphatic heterocycles. The number of rotatable bonds is 4. The number of hydrogen-bond donors (Lipinski definition) is 1. The summed E-state index contributed by atoms with van der Waals surface area (Å²) in [5.41, 5.74) is 0.988. The first-order valence-corrected chi connectivity index (χ1v) is 5.78. The predicted octanol–water partition coefficient (Wildman–Crippen LogP) is 1.26. The zero-order valence-corrected chi connectivity index (χ0v) is 8.54. The fraction of sp³-hybridized carbons (Fsp3) is 0.222. The molecule has 76 valence electrons. The molecule has 14 heavy (non-hydrogen) atoms. The Balaban J connectivity index is 2.84. The molecule has 0 bridgehead atoms. The van der Waals surface area contributed by atoms with Gasteiger partial charge in [0.1, 0.15) is 6.29 Å². The zero-order chi connectivity index (χ0) is 10.6. The summed E-state index contributed by atoms with van der Waals surface area (Å²) in [7, 11) is -3.23. The molecule has 0 radical (unpaired) electrons. The first kappa shape index (κ1) is 10.7. The summed E-state index contributed by atoms with van der Waals surface area (Å²) in [4.78, 5) is 10.3. The van der Waals surface area contributed by atoms with Gasteiger partial charge in [0.15, 0.2) is 0 Å². The lowest BCUT2D eigenvalue weighted by atomic mass is 10.2. The summed E-state index contributed by atoms with van der Waals surface area (Å²) >= 11 is 0. The van der Waals surface area contributed by atoms with E-state index in [4.69, 9.17) is 0 Å². The lowest BCUT2D eigenvalue weighted by Crippen LogP contribution is -2.14. The van der Waals surface area contributed by atoms with Crippen LogP contribution in [0.25, 0.3) is 0 Å². The van der Waals surface area contributed by atoms with E-state index in [1.165, 1.54) is 0 Å². The first-order valence-electron chi connectivity index (χ1n) is 4.13. The molecule has 0 atom stereocenters. The Morgan fingerprint density at radius 2 is 1.86 bits per heavy atom. The maximum atomic E-state index is 11.1. The smallest absolute Gasteiger partial charge is 0.232 e. The second-order valence-corrected chi connectivity index (χ2v) is 4.76. The summed E-state index contributed by atoms with van der Waals surface area (Å²) in [6.45, 7) is 1.56. The van der Waals surface area contributed by atoms with Crippen LogP contribution in [0.5, 0.6) is 0 Å². The standard InChI is InChI=1S/C9H11NO3S/c1-2-14(12,13)10-9-5-3-8(7-11)4-6-9/h3-7,10H,2H2,1H3. The van der Waals surface area contributed by atoms with Crippen LogP contribution in [0, 0.1) is 0 Å². The lowest BCUT2D eigenvalue weighted by Gasteiger charge is -2.05. The van der Waals surface area contributed by atoms with Gasteiger partial charge in [-0.1, -0.05) is 0 Å². The average molecular weight is 213 g/mol. The maximum absolute atomic E-state index is 11.1. The highest BCUT2D eigenvalue weighted by atomic mass is 32.2. The van der Waals surface area contributed by atoms with Crippen molar-refractivity contribution in [3.63, 3.8) is 0 Å². The van der Waals surface area contributed by atoms with Crippen LogP contribution in [-0.2, 0) is 10.0 Å². The van der Waals surface area contributed by atoms with Crippen molar-refractivity contribution < 1.29 is 13.2 Å². The van der Waals surface area contributed by atoms with Crippen molar-refractivity contribution in [3.8, 4) is 0 Å². The maximum Gasteiger partial charge on any atom is 0.232 e. The minimum Gasteiger partial charge on any atom is -0.298 e. The predicted molar refractivity (Wildman–Crippen MR) is 54.9 cm³/mol. The van der Waals surface area contributed by atoms with Gasteiger partial charge >= 0.3 is 0 Å². The number of anilines is 1. The Kier molecular flexibility index (Phi) is 3.24. The van der Waals surface area contributed by atoms with E-state index in [-0.39, 0.29) is 5.75 Å². The van der Waals surface area contributed by atoms with Gasteiger partial charge in [0.05, 0.1) is 5.75 Å². The second kappa shape index (κ2) is 4.23. The Labute approximate surface area is 83.0 Å². The summed E-state index contributed by atoms with van der Waals surface area (Å²) in [6, 6.07) is 6.22. The highest BCUT2D eigenvalue weighted by molar-refractivity contribution is 7.92. The van der Waals surface area contributed by atoms with Crippen LogP contribution < -0.4 is 4.72 Å². The zero-order valence-electron chi connectivity index (χ0n) is 7.73. The van der Waals surface area contributed by atoms with Crippen LogP contribution in [0.15, 0.2) is 24.3 Å². The van der Waals surface area contributed by atoms with E-state index in [2.05, 4.69) is 4.72 Å². The van der Waals surface area contributed by atoms with Gasteiger partial charge in [0.2, 0.25) is 10.0 Å². The Bertz CT molecular complexity index is 408. The third kappa shape index (κ3) is 2.85. The van der Waals surface area contributed by atoms with Crippen molar-refractivity contribution in [2.45, 2.75) is 6.92 Å². The molecule has 1 aromatic rings. The molecule has 5 heteroatoms. The summed E-state index contributed by atoms with van der Waals surface area (Å²) in [6.07, 6.45) is 0.706. The normalized spacial score (nSPS) is 10.9. The molecule has 0 aliphatic rings. The van der Waals surface area contributed by atoms with E-state index < -0.39 is 10.0 Å². The first-order chi connectivity index (χ1) is 6.57. The molecular weight excluding hydrogens is 202 g/mol. The molecule has 4 nitrogen and oxygen atoms in total. The molecule has 1 rings (SSSR count). The topological polar surface area (TPSA) is 63.2 Å². The summed E-state index contributed by atoms with van der Waals surface area (Å²) in [5, 5.41) is 0. The van der Waals surface area contributed by atoms with Gasteiger partial charge in [0.25, 0.3) is 0 Å². The highest BCUT2D eigenvalue weighted by Gasteiger charge is 2.05. The third-order valence-corrected chi connectivity index (χ3v) is 3.01. The summed E-state index contributed by atoms with van der Waals surface area (Å²) < 4.78 is 24.7. The molecule has 0 aromatic heterocycles. The van der Waals surface area contributed by atoms with Gasteiger partial charge in [0, 0.05) is 11.3 Å². The minimum atomic E-state index is -3.23. The largest absolute Gasteiger partial charge is 0.298 e. The van der Waals surface area contributed by atoms with Crippen LogP contribution in [0.2, 0.25) is 0 Å². The molecule has 0 unspecified atom stereocenters. The van der Waals surface area contributed by atoms with E-state index in [0.29, 0.717) is 17.5 Å². The average Bonchev–Trinajstić information content (AvgIpc) is 2.19. The quantitative estimate of drug-likeness (QED) is 0.766. The third-order valence-electron chi connectivity index (χ3n) is 1.70. The Hall–Kier alpha value is -1.36. The van der Waals surface area contributed by atoms with E-state index in [0.717, 1.165) is 0 Å². The number of sulfonamides is 1. The van der Waals surface area contributed by atoms with E-state index >= 15 is 0 Å². The van der Waals surface area contributed by atoms with E-state index in [1.54, 1.807) is 31.2 Å². The SMILES string of the molecule is CCS(=O)(=O)Nc1ccc(C=O)cc1. The van der Waals surface area contributed by atoms with Gasteiger partial charge < -0.3 is 0 Å². The number of benzene rings is 1. The Morgan fingerprint density at radius 3 is 2.29 bits per heavy atom. The summed E-state index contributed by atoms with van der Waals surface area (Å²) in [5.74, 6) is 0.0302. The number of aldehydes is 1. The van der Waals surface area contributed by atoms with Crippen molar-refractivity contribution in [2.24, 2.45) is 0 Å². The van der Waals surface area contributed by atoms with Gasteiger partial charge in [-0.15, -0.1) is 0 Å². The molecular formula is C9H11NO3S. The molecule has 0 saturated heterocycles. The fourth-order valence-electron chi connectivity index (χ4n) is 0.881. The minimum absolute atomic E-state index is 0.0302. The van der Waals surface area contributed by atoms with Crippen LogP contribution in [0.4, 0.5) is 5.69 Å². The van der Waals surface area contributed by atoms with E-state index in [9.17, 15) is 13.2 Å². The fourth-order valence-corrected chi connectivity index (χ4v) is 1.52. The van der Waals surface area contributed by atoms with Gasteiger partial charge in [-0.3, -0.25) is 9.52 Å². The molecule has 0 fully saturated rings. The number of carbonyl (C=O) groups is 1. The van der Waals surface area contributed by atoms with Crippen molar-refractivity contribution in [1.82, 2.24) is 0 Å². The molecule has 0 aliphatic carbocycles. The van der Waals surface area contributed by atoms with Gasteiger partial charge in [-0.05, 0) is 31.2 Å². The Morgan fingerprint density at radius 1 is 1.29 bits per heavy atom.